The second kappa shape index (κ2) is 4.23. The molecule has 1 aliphatic heterocycles. The molecule has 0 N–H and O–H groups in total. The van der Waals surface area contributed by atoms with Crippen LogP contribution in [0.5, 0.6) is 0 Å². The van der Waals surface area contributed by atoms with Crippen LogP contribution in [0.1, 0.15) is 40.5 Å². The third-order valence-corrected chi connectivity index (χ3v) is 3.21. The molecular weight excluding hydrogens is 164 g/mol. The van der Waals surface area contributed by atoms with Crippen molar-refractivity contribution in [3.05, 3.63) is 0 Å². The Hall–Kier alpha value is -0.370. The summed E-state index contributed by atoms with van der Waals surface area (Å²) in [6.45, 7) is 8.09. The van der Waals surface area contributed by atoms with Gasteiger partial charge in [-0.25, -0.2) is 0 Å². The van der Waals surface area contributed by atoms with Crippen LogP contribution in [0.15, 0.2) is 0 Å². The molecule has 0 radical (unpaired) electrons. The van der Waals surface area contributed by atoms with Gasteiger partial charge in [0.15, 0.2) is 0 Å². The Bertz CT molecular complexity index is 189. The highest BCUT2D eigenvalue weighted by Crippen LogP contribution is 2.36. The van der Waals surface area contributed by atoms with Gasteiger partial charge in [-0.05, 0) is 32.1 Å². The number of hydrogen-bond donors (Lipinski definition) is 0. The first-order valence-electron chi connectivity index (χ1n) is 5.21. The van der Waals surface area contributed by atoms with Crippen molar-refractivity contribution in [3.63, 3.8) is 0 Å². The Kier molecular flexibility index (Phi) is 3.48. The second-order valence-corrected chi connectivity index (χ2v) is 4.22. The molecule has 4 atom stereocenters. The maximum atomic E-state index is 11.1. The zero-order valence-corrected chi connectivity index (χ0v) is 9.04. The summed E-state index contributed by atoms with van der Waals surface area (Å²) in [5.74, 6) is 1.25. The number of ketones is 1. The zero-order chi connectivity index (χ0) is 10.0. The highest BCUT2D eigenvalue weighted by atomic mass is 16.5. The monoisotopic (exact) mass is 184 g/mol. The molecule has 1 unspecified atom stereocenters. The molecule has 0 saturated carbocycles. The molecular formula is C11H20O2. The Morgan fingerprint density at radius 1 is 1.38 bits per heavy atom. The van der Waals surface area contributed by atoms with Crippen LogP contribution in [0.4, 0.5) is 0 Å². The molecule has 13 heavy (non-hydrogen) atoms. The minimum absolute atomic E-state index is 0.285. The van der Waals surface area contributed by atoms with Gasteiger partial charge in [-0.1, -0.05) is 13.8 Å². The summed E-state index contributed by atoms with van der Waals surface area (Å²) in [4.78, 5) is 11.1. The lowest BCUT2D eigenvalue weighted by Gasteiger charge is -2.18. The average Bonchev–Trinajstić information content (AvgIpc) is 2.31. The lowest BCUT2D eigenvalue weighted by molar-refractivity contribution is -0.118. The van der Waals surface area contributed by atoms with Gasteiger partial charge >= 0.3 is 0 Å². The lowest BCUT2D eigenvalue weighted by atomic mass is 9.84. The number of rotatable bonds is 3. The van der Waals surface area contributed by atoms with Crippen LogP contribution in [0.3, 0.4) is 0 Å². The standard InChI is InChI=1S/C11H20O2/c1-5-11-10(6-7(2)12)8(3)9(4)13-11/h8-11H,5-6H2,1-4H3/t8-,9+,10-,11?/m1/s1. The van der Waals surface area contributed by atoms with E-state index >= 15 is 0 Å². The number of hydrogen-bond acceptors (Lipinski definition) is 2. The molecule has 1 rings (SSSR count). The largest absolute Gasteiger partial charge is 0.375 e. The summed E-state index contributed by atoms with van der Waals surface area (Å²) < 4.78 is 5.78. The van der Waals surface area contributed by atoms with Gasteiger partial charge in [-0.3, -0.25) is 0 Å². The van der Waals surface area contributed by atoms with E-state index in [2.05, 4.69) is 20.8 Å². The van der Waals surface area contributed by atoms with Gasteiger partial charge in [0.2, 0.25) is 0 Å². The molecule has 1 saturated heterocycles. The van der Waals surface area contributed by atoms with Crippen LogP contribution in [-0.4, -0.2) is 18.0 Å². The Morgan fingerprint density at radius 3 is 2.46 bits per heavy atom. The summed E-state index contributed by atoms with van der Waals surface area (Å²) in [5.41, 5.74) is 0. The highest BCUT2D eigenvalue weighted by molar-refractivity contribution is 5.75. The first kappa shape index (κ1) is 10.7. The van der Waals surface area contributed by atoms with Gasteiger partial charge < -0.3 is 9.53 Å². The van der Waals surface area contributed by atoms with E-state index in [-0.39, 0.29) is 5.78 Å². The van der Waals surface area contributed by atoms with Crippen LogP contribution in [0, 0.1) is 11.8 Å². The van der Waals surface area contributed by atoms with Crippen LogP contribution < -0.4 is 0 Å². The third-order valence-electron chi connectivity index (χ3n) is 3.21. The van der Waals surface area contributed by atoms with Gasteiger partial charge in [0, 0.05) is 6.42 Å². The van der Waals surface area contributed by atoms with E-state index in [0.29, 0.717) is 30.5 Å². The summed E-state index contributed by atoms with van der Waals surface area (Å²) in [6.07, 6.45) is 2.32. The predicted octanol–water partition coefficient (Wildman–Crippen LogP) is 2.42. The smallest absolute Gasteiger partial charge is 0.130 e. The minimum atomic E-state index is 0.285. The van der Waals surface area contributed by atoms with Crippen molar-refractivity contribution >= 4 is 5.78 Å². The first-order chi connectivity index (χ1) is 6.06. The van der Waals surface area contributed by atoms with Crippen molar-refractivity contribution in [1.82, 2.24) is 0 Å². The maximum absolute atomic E-state index is 11.1. The lowest BCUT2D eigenvalue weighted by Crippen LogP contribution is -2.21. The van der Waals surface area contributed by atoms with Gasteiger partial charge in [0.1, 0.15) is 5.78 Å². The molecule has 2 heteroatoms. The van der Waals surface area contributed by atoms with Crippen LogP contribution in [0.25, 0.3) is 0 Å². The molecule has 0 bridgehead atoms. The molecule has 1 heterocycles. The minimum Gasteiger partial charge on any atom is -0.375 e. The van der Waals surface area contributed by atoms with Gasteiger partial charge in [-0.2, -0.15) is 0 Å². The SMILES string of the molecule is CCC1O[C@@H](C)[C@@H](C)[C@H]1CC(C)=O. The van der Waals surface area contributed by atoms with Crippen LogP contribution in [-0.2, 0) is 9.53 Å². The van der Waals surface area contributed by atoms with Crippen molar-refractivity contribution in [2.45, 2.75) is 52.7 Å². The molecule has 0 aromatic carbocycles. The van der Waals surface area contributed by atoms with E-state index in [1.165, 1.54) is 0 Å². The van der Waals surface area contributed by atoms with Gasteiger partial charge in [-0.15, -0.1) is 0 Å². The number of carbonyl (C=O) groups is 1. The van der Waals surface area contributed by atoms with E-state index in [4.69, 9.17) is 4.74 Å². The molecule has 0 aliphatic carbocycles. The average molecular weight is 184 g/mol. The van der Waals surface area contributed by atoms with Crippen molar-refractivity contribution < 1.29 is 9.53 Å². The zero-order valence-electron chi connectivity index (χ0n) is 9.04. The fraction of sp³-hybridized carbons (Fsp3) is 0.909. The Balaban J connectivity index is 2.62. The van der Waals surface area contributed by atoms with Crippen molar-refractivity contribution in [3.8, 4) is 0 Å². The highest BCUT2D eigenvalue weighted by Gasteiger charge is 2.38. The molecule has 1 aliphatic rings. The van der Waals surface area contributed by atoms with E-state index in [9.17, 15) is 4.79 Å². The fourth-order valence-corrected chi connectivity index (χ4v) is 2.24. The normalized spacial score (nSPS) is 39.4. The van der Waals surface area contributed by atoms with E-state index < -0.39 is 0 Å². The number of Topliss-reactive ketones (excluding diaryl/α,β-unsaturated/α-hetero) is 1. The summed E-state index contributed by atoms with van der Waals surface area (Å²) in [6, 6.07) is 0. The molecule has 0 spiro atoms. The van der Waals surface area contributed by atoms with Crippen molar-refractivity contribution in [2.24, 2.45) is 11.8 Å². The van der Waals surface area contributed by atoms with Crippen molar-refractivity contribution in [1.29, 1.82) is 0 Å². The Labute approximate surface area is 80.7 Å². The number of carbonyl (C=O) groups excluding carboxylic acids is 1. The third kappa shape index (κ3) is 2.31. The molecule has 1 fully saturated rings. The Morgan fingerprint density at radius 2 is 2.00 bits per heavy atom. The molecule has 2 nitrogen and oxygen atoms in total. The second-order valence-electron chi connectivity index (χ2n) is 4.22. The van der Waals surface area contributed by atoms with Crippen molar-refractivity contribution in [2.75, 3.05) is 0 Å². The molecule has 0 aromatic heterocycles. The first-order valence-corrected chi connectivity index (χ1v) is 5.21. The molecule has 76 valence electrons. The van der Waals surface area contributed by atoms with E-state index in [1.807, 2.05) is 0 Å². The topological polar surface area (TPSA) is 26.3 Å². The van der Waals surface area contributed by atoms with Crippen LogP contribution >= 0.6 is 0 Å². The number of ether oxygens (including phenoxy) is 1. The van der Waals surface area contributed by atoms with Gasteiger partial charge in [0.25, 0.3) is 0 Å². The molecule has 0 amide bonds. The fourth-order valence-electron chi connectivity index (χ4n) is 2.24. The van der Waals surface area contributed by atoms with Gasteiger partial charge in [0.05, 0.1) is 12.2 Å². The van der Waals surface area contributed by atoms with E-state index in [1.54, 1.807) is 6.92 Å². The summed E-state index contributed by atoms with van der Waals surface area (Å²) in [5, 5.41) is 0. The van der Waals surface area contributed by atoms with E-state index in [0.717, 1.165) is 6.42 Å². The predicted molar refractivity (Wildman–Crippen MR) is 52.6 cm³/mol. The summed E-state index contributed by atoms with van der Waals surface area (Å²) in [7, 11) is 0. The molecule has 0 aromatic rings. The quantitative estimate of drug-likeness (QED) is 0.673. The summed E-state index contributed by atoms with van der Waals surface area (Å²) >= 11 is 0. The van der Waals surface area contributed by atoms with Crippen LogP contribution in [0.2, 0.25) is 0 Å². The maximum Gasteiger partial charge on any atom is 0.130 e.